The minimum Gasteiger partial charge on any atom is -0.324 e. The summed E-state index contributed by atoms with van der Waals surface area (Å²) in [5.74, 6) is 1.50. The standard InChI is InChI=1S/C14H19ClIN/c1-9-2-4-10(5-3-9)14(17)11-6-7-13(16)12(15)8-11/h6-10,14H,2-5,17H2,1H3. The minimum atomic E-state index is 0.150. The average Bonchev–Trinajstić information content (AvgIpc) is 2.33. The molecular formula is C14H19ClIN. The first-order chi connectivity index (χ1) is 8.08. The quantitative estimate of drug-likeness (QED) is 0.753. The second kappa shape index (κ2) is 5.89. The van der Waals surface area contributed by atoms with Gasteiger partial charge in [0.05, 0.1) is 5.02 Å². The zero-order chi connectivity index (χ0) is 12.4. The number of hydrogen-bond acceptors (Lipinski definition) is 1. The van der Waals surface area contributed by atoms with E-state index in [1.54, 1.807) is 0 Å². The van der Waals surface area contributed by atoms with Gasteiger partial charge in [-0.2, -0.15) is 0 Å². The Kier molecular flexibility index (Phi) is 4.72. The molecule has 1 atom stereocenters. The van der Waals surface area contributed by atoms with E-state index in [0.717, 1.165) is 14.5 Å². The molecule has 1 saturated carbocycles. The van der Waals surface area contributed by atoms with Gasteiger partial charge in [0.1, 0.15) is 0 Å². The molecule has 0 bridgehead atoms. The molecule has 0 heterocycles. The third-order valence-electron chi connectivity index (χ3n) is 3.90. The number of halogens is 2. The summed E-state index contributed by atoms with van der Waals surface area (Å²) in [6.07, 6.45) is 5.14. The van der Waals surface area contributed by atoms with Crippen molar-refractivity contribution in [3.63, 3.8) is 0 Å². The summed E-state index contributed by atoms with van der Waals surface area (Å²) >= 11 is 8.41. The van der Waals surface area contributed by atoms with Gasteiger partial charge in [-0.1, -0.05) is 37.4 Å². The van der Waals surface area contributed by atoms with E-state index >= 15 is 0 Å². The molecule has 1 aromatic carbocycles. The van der Waals surface area contributed by atoms with Crippen molar-refractivity contribution in [1.29, 1.82) is 0 Å². The molecule has 1 nitrogen and oxygen atoms in total. The molecule has 1 aliphatic rings. The van der Waals surface area contributed by atoms with Gasteiger partial charge in [-0.15, -0.1) is 0 Å². The van der Waals surface area contributed by atoms with Crippen LogP contribution in [0.1, 0.15) is 44.2 Å². The highest BCUT2D eigenvalue weighted by molar-refractivity contribution is 14.1. The van der Waals surface area contributed by atoms with Crippen LogP contribution in [0, 0.1) is 15.4 Å². The summed E-state index contributed by atoms with van der Waals surface area (Å²) in [5.41, 5.74) is 7.56. The highest BCUT2D eigenvalue weighted by Crippen LogP contribution is 2.36. The normalized spacial score (nSPS) is 26.8. The van der Waals surface area contributed by atoms with E-state index in [9.17, 15) is 0 Å². The first-order valence-corrected chi connectivity index (χ1v) is 7.74. The molecule has 0 aliphatic heterocycles. The van der Waals surface area contributed by atoms with Crippen molar-refractivity contribution >= 4 is 34.2 Å². The van der Waals surface area contributed by atoms with Gasteiger partial charge in [-0.3, -0.25) is 0 Å². The molecule has 0 spiro atoms. The van der Waals surface area contributed by atoms with Crippen molar-refractivity contribution in [3.8, 4) is 0 Å². The van der Waals surface area contributed by atoms with Crippen LogP contribution in [0.3, 0.4) is 0 Å². The highest BCUT2D eigenvalue weighted by atomic mass is 127. The van der Waals surface area contributed by atoms with Crippen molar-refractivity contribution in [3.05, 3.63) is 32.4 Å². The molecule has 1 aromatic rings. The fraction of sp³-hybridized carbons (Fsp3) is 0.571. The van der Waals surface area contributed by atoms with E-state index in [4.69, 9.17) is 17.3 Å². The largest absolute Gasteiger partial charge is 0.324 e. The molecule has 0 aromatic heterocycles. The van der Waals surface area contributed by atoms with E-state index in [1.807, 2.05) is 6.07 Å². The molecule has 1 aliphatic carbocycles. The Labute approximate surface area is 122 Å². The Bertz CT molecular complexity index is 386. The van der Waals surface area contributed by atoms with Crippen molar-refractivity contribution in [2.24, 2.45) is 17.6 Å². The van der Waals surface area contributed by atoms with Crippen LogP contribution >= 0.6 is 34.2 Å². The molecule has 0 radical (unpaired) electrons. The summed E-state index contributed by atoms with van der Waals surface area (Å²) in [5, 5.41) is 0.822. The van der Waals surface area contributed by atoms with Crippen LogP contribution in [-0.4, -0.2) is 0 Å². The SMILES string of the molecule is CC1CCC(C(N)c2ccc(I)c(Cl)c2)CC1. The van der Waals surface area contributed by atoms with Crippen molar-refractivity contribution in [2.45, 2.75) is 38.6 Å². The van der Waals surface area contributed by atoms with Crippen LogP contribution in [0.15, 0.2) is 18.2 Å². The lowest BCUT2D eigenvalue weighted by atomic mass is 9.78. The first kappa shape index (κ1) is 13.6. The van der Waals surface area contributed by atoms with Crippen molar-refractivity contribution < 1.29 is 0 Å². The Morgan fingerprint density at radius 3 is 2.53 bits per heavy atom. The number of nitrogens with two attached hydrogens (primary N) is 1. The maximum atomic E-state index is 6.37. The summed E-state index contributed by atoms with van der Waals surface area (Å²) in [4.78, 5) is 0. The zero-order valence-electron chi connectivity index (χ0n) is 10.1. The van der Waals surface area contributed by atoms with E-state index in [0.29, 0.717) is 5.92 Å². The van der Waals surface area contributed by atoms with Gasteiger partial charge < -0.3 is 5.73 Å². The van der Waals surface area contributed by atoms with E-state index in [-0.39, 0.29) is 6.04 Å². The van der Waals surface area contributed by atoms with E-state index in [2.05, 4.69) is 41.6 Å². The van der Waals surface area contributed by atoms with Gasteiger partial charge in [0.2, 0.25) is 0 Å². The second-order valence-corrected chi connectivity index (χ2v) is 6.79. The molecule has 0 amide bonds. The lowest BCUT2D eigenvalue weighted by molar-refractivity contribution is 0.256. The molecule has 3 heteroatoms. The minimum absolute atomic E-state index is 0.150. The van der Waals surface area contributed by atoms with Gasteiger partial charge in [-0.25, -0.2) is 0 Å². The summed E-state index contributed by atoms with van der Waals surface area (Å²) in [6.45, 7) is 2.34. The predicted molar refractivity (Wildman–Crippen MR) is 82.2 cm³/mol. The zero-order valence-corrected chi connectivity index (χ0v) is 13.0. The third-order valence-corrected chi connectivity index (χ3v) is 5.47. The third kappa shape index (κ3) is 3.36. The number of hydrogen-bond donors (Lipinski definition) is 1. The maximum absolute atomic E-state index is 6.37. The molecule has 2 rings (SSSR count). The fourth-order valence-electron chi connectivity index (χ4n) is 2.64. The molecule has 17 heavy (non-hydrogen) atoms. The molecule has 2 N–H and O–H groups in total. The maximum Gasteiger partial charge on any atom is 0.0542 e. The molecular weight excluding hydrogens is 345 g/mol. The van der Waals surface area contributed by atoms with Crippen LogP contribution in [-0.2, 0) is 0 Å². The predicted octanol–water partition coefficient (Wildman–Crippen LogP) is 4.77. The van der Waals surface area contributed by atoms with Gasteiger partial charge in [0.25, 0.3) is 0 Å². The van der Waals surface area contributed by atoms with Crippen LogP contribution in [0.5, 0.6) is 0 Å². The van der Waals surface area contributed by atoms with Gasteiger partial charge in [-0.05, 0) is 65.0 Å². The molecule has 1 unspecified atom stereocenters. The molecule has 94 valence electrons. The lowest BCUT2D eigenvalue weighted by Gasteiger charge is -2.31. The average molecular weight is 364 g/mol. The molecule has 0 saturated heterocycles. The Hall–Kier alpha value is 0.200. The monoisotopic (exact) mass is 363 g/mol. The Balaban J connectivity index is 2.08. The first-order valence-electron chi connectivity index (χ1n) is 6.28. The van der Waals surface area contributed by atoms with Crippen molar-refractivity contribution in [2.75, 3.05) is 0 Å². The topological polar surface area (TPSA) is 26.0 Å². The Morgan fingerprint density at radius 2 is 1.94 bits per heavy atom. The van der Waals surface area contributed by atoms with Gasteiger partial charge >= 0.3 is 0 Å². The van der Waals surface area contributed by atoms with E-state index < -0.39 is 0 Å². The van der Waals surface area contributed by atoms with Crippen molar-refractivity contribution in [1.82, 2.24) is 0 Å². The molecule has 1 fully saturated rings. The highest BCUT2D eigenvalue weighted by Gasteiger charge is 2.24. The fourth-order valence-corrected chi connectivity index (χ4v) is 3.16. The van der Waals surface area contributed by atoms with Gasteiger partial charge in [0.15, 0.2) is 0 Å². The summed E-state index contributed by atoms with van der Waals surface area (Å²) in [7, 11) is 0. The summed E-state index contributed by atoms with van der Waals surface area (Å²) in [6, 6.07) is 6.36. The lowest BCUT2D eigenvalue weighted by Crippen LogP contribution is -2.25. The van der Waals surface area contributed by atoms with Gasteiger partial charge in [0, 0.05) is 9.61 Å². The number of benzene rings is 1. The van der Waals surface area contributed by atoms with Crippen LogP contribution in [0.25, 0.3) is 0 Å². The second-order valence-electron chi connectivity index (χ2n) is 5.22. The van der Waals surface area contributed by atoms with Crippen LogP contribution in [0.2, 0.25) is 5.02 Å². The van der Waals surface area contributed by atoms with Crippen LogP contribution < -0.4 is 5.73 Å². The van der Waals surface area contributed by atoms with Crippen LogP contribution in [0.4, 0.5) is 0 Å². The van der Waals surface area contributed by atoms with E-state index in [1.165, 1.54) is 31.2 Å². The summed E-state index contributed by atoms with van der Waals surface area (Å²) < 4.78 is 1.09. The Morgan fingerprint density at radius 1 is 1.29 bits per heavy atom. The number of rotatable bonds is 2. The smallest absolute Gasteiger partial charge is 0.0542 e.